The maximum absolute atomic E-state index is 4.76. The Bertz CT molecular complexity index is 686. The zero-order chi connectivity index (χ0) is 18.4. The Hall–Kier alpha value is -2.30. The molecule has 1 N–H and O–H groups in total. The van der Waals surface area contributed by atoms with Gasteiger partial charge in [0.25, 0.3) is 0 Å². The first-order chi connectivity index (χ1) is 12.7. The molecule has 0 bridgehead atoms. The smallest absolute Gasteiger partial charge is 0.229 e. The molecule has 1 aliphatic heterocycles. The summed E-state index contributed by atoms with van der Waals surface area (Å²) >= 11 is 0. The summed E-state index contributed by atoms with van der Waals surface area (Å²) in [6.07, 6.45) is 4.82. The quantitative estimate of drug-likeness (QED) is 0.741. The Kier molecular flexibility index (Phi) is 6.31. The summed E-state index contributed by atoms with van der Waals surface area (Å²) < 4.78 is 0. The number of aromatic nitrogens is 2. The third-order valence-electron chi connectivity index (χ3n) is 4.75. The SMILES string of the molecule is CCCN(CCC)c1cc(C)nc(Nc2ccc(N3CCCC3)cc2)n1. The monoisotopic (exact) mass is 353 g/mol. The van der Waals surface area contributed by atoms with Crippen molar-refractivity contribution in [1.29, 1.82) is 0 Å². The average molecular weight is 354 g/mol. The molecule has 3 rings (SSSR count). The van der Waals surface area contributed by atoms with E-state index in [0.717, 1.165) is 43.1 Å². The van der Waals surface area contributed by atoms with Crippen LogP contribution in [0.15, 0.2) is 30.3 Å². The number of nitrogens with zero attached hydrogens (tertiary/aromatic N) is 4. The number of nitrogens with one attached hydrogen (secondary N) is 1. The van der Waals surface area contributed by atoms with E-state index < -0.39 is 0 Å². The van der Waals surface area contributed by atoms with Gasteiger partial charge in [0.15, 0.2) is 0 Å². The van der Waals surface area contributed by atoms with Gasteiger partial charge in [-0.1, -0.05) is 13.8 Å². The molecule has 1 aromatic heterocycles. The maximum Gasteiger partial charge on any atom is 0.229 e. The Morgan fingerprint density at radius 3 is 2.27 bits per heavy atom. The molecule has 2 heterocycles. The van der Waals surface area contributed by atoms with Crippen LogP contribution in [0.2, 0.25) is 0 Å². The van der Waals surface area contributed by atoms with Crippen molar-refractivity contribution in [3.63, 3.8) is 0 Å². The van der Waals surface area contributed by atoms with E-state index in [2.05, 4.69) is 64.3 Å². The highest BCUT2D eigenvalue weighted by Crippen LogP contribution is 2.24. The normalized spacial score (nSPS) is 13.9. The summed E-state index contributed by atoms with van der Waals surface area (Å²) in [4.78, 5) is 14.1. The molecular weight excluding hydrogens is 322 g/mol. The Labute approximate surface area is 157 Å². The van der Waals surface area contributed by atoms with Crippen LogP contribution in [0.1, 0.15) is 45.2 Å². The van der Waals surface area contributed by atoms with Gasteiger partial charge in [-0.2, -0.15) is 4.98 Å². The Balaban J connectivity index is 1.74. The lowest BCUT2D eigenvalue weighted by atomic mass is 10.2. The van der Waals surface area contributed by atoms with Crippen LogP contribution in [-0.2, 0) is 0 Å². The predicted molar refractivity (Wildman–Crippen MR) is 111 cm³/mol. The van der Waals surface area contributed by atoms with Gasteiger partial charge in [0.1, 0.15) is 5.82 Å². The molecule has 2 aromatic rings. The lowest BCUT2D eigenvalue weighted by Gasteiger charge is -2.23. The molecule has 0 radical (unpaired) electrons. The summed E-state index contributed by atoms with van der Waals surface area (Å²) in [5.41, 5.74) is 3.32. The van der Waals surface area contributed by atoms with Crippen LogP contribution >= 0.6 is 0 Å². The van der Waals surface area contributed by atoms with Crippen LogP contribution in [0.25, 0.3) is 0 Å². The van der Waals surface area contributed by atoms with Crippen LogP contribution in [0.3, 0.4) is 0 Å². The summed E-state index contributed by atoms with van der Waals surface area (Å²) in [7, 11) is 0. The van der Waals surface area contributed by atoms with Crippen LogP contribution in [0, 0.1) is 6.92 Å². The topological polar surface area (TPSA) is 44.3 Å². The molecule has 1 fully saturated rings. The zero-order valence-electron chi connectivity index (χ0n) is 16.3. The lowest BCUT2D eigenvalue weighted by molar-refractivity contribution is 0.732. The van der Waals surface area contributed by atoms with E-state index in [1.807, 2.05) is 6.92 Å². The van der Waals surface area contributed by atoms with Gasteiger partial charge in [-0.25, -0.2) is 4.98 Å². The van der Waals surface area contributed by atoms with E-state index in [1.54, 1.807) is 0 Å². The molecule has 0 unspecified atom stereocenters. The molecule has 0 spiro atoms. The zero-order valence-corrected chi connectivity index (χ0v) is 16.3. The molecular formula is C21H31N5. The van der Waals surface area contributed by atoms with Crippen molar-refractivity contribution in [3.05, 3.63) is 36.0 Å². The third-order valence-corrected chi connectivity index (χ3v) is 4.75. The fraction of sp³-hybridized carbons (Fsp3) is 0.524. The highest BCUT2D eigenvalue weighted by molar-refractivity contribution is 5.60. The van der Waals surface area contributed by atoms with Crippen LogP contribution in [-0.4, -0.2) is 36.1 Å². The molecule has 1 saturated heterocycles. The molecule has 0 atom stereocenters. The van der Waals surface area contributed by atoms with Crippen molar-refractivity contribution in [2.45, 2.75) is 46.5 Å². The van der Waals surface area contributed by atoms with Gasteiger partial charge in [-0.05, 0) is 56.9 Å². The van der Waals surface area contributed by atoms with Gasteiger partial charge < -0.3 is 15.1 Å². The molecule has 0 amide bonds. The van der Waals surface area contributed by atoms with Crippen molar-refractivity contribution in [3.8, 4) is 0 Å². The molecule has 26 heavy (non-hydrogen) atoms. The van der Waals surface area contributed by atoms with E-state index in [1.165, 1.54) is 31.6 Å². The first-order valence-corrected chi connectivity index (χ1v) is 9.92. The summed E-state index contributed by atoms with van der Waals surface area (Å²) in [5.74, 6) is 1.68. The second-order valence-corrected chi connectivity index (χ2v) is 7.04. The standard InChI is InChI=1S/C21H31N5/c1-4-12-26(13-5-2)20-16-17(3)22-21(24-20)23-18-8-10-19(11-9-18)25-14-6-7-15-25/h8-11,16H,4-7,12-15H2,1-3H3,(H,22,23,24). The van der Waals surface area contributed by atoms with Crippen LogP contribution in [0.4, 0.5) is 23.1 Å². The molecule has 5 heteroatoms. The minimum absolute atomic E-state index is 0.672. The minimum Gasteiger partial charge on any atom is -0.372 e. The van der Waals surface area contributed by atoms with E-state index >= 15 is 0 Å². The number of rotatable bonds is 8. The van der Waals surface area contributed by atoms with E-state index in [0.29, 0.717) is 5.95 Å². The summed E-state index contributed by atoms with van der Waals surface area (Å²) in [5, 5.41) is 3.37. The number of hydrogen-bond donors (Lipinski definition) is 1. The number of anilines is 4. The van der Waals surface area contributed by atoms with Gasteiger partial charge in [0, 0.05) is 49.3 Å². The van der Waals surface area contributed by atoms with Crippen molar-refractivity contribution < 1.29 is 0 Å². The molecule has 1 aromatic carbocycles. The lowest BCUT2D eigenvalue weighted by Crippen LogP contribution is -2.26. The molecule has 0 aliphatic carbocycles. The predicted octanol–water partition coefficient (Wildman–Crippen LogP) is 4.76. The Morgan fingerprint density at radius 1 is 1.00 bits per heavy atom. The fourth-order valence-electron chi connectivity index (χ4n) is 3.51. The first kappa shape index (κ1) is 18.5. The number of aryl methyl sites for hydroxylation is 1. The highest BCUT2D eigenvalue weighted by Gasteiger charge is 2.12. The number of benzene rings is 1. The largest absolute Gasteiger partial charge is 0.372 e. The minimum atomic E-state index is 0.672. The van der Waals surface area contributed by atoms with Crippen molar-refractivity contribution >= 4 is 23.1 Å². The number of hydrogen-bond acceptors (Lipinski definition) is 5. The Morgan fingerprint density at radius 2 is 1.65 bits per heavy atom. The molecule has 140 valence electrons. The van der Waals surface area contributed by atoms with Crippen molar-refractivity contribution in [2.75, 3.05) is 41.3 Å². The average Bonchev–Trinajstić information content (AvgIpc) is 3.16. The molecule has 0 saturated carbocycles. The highest BCUT2D eigenvalue weighted by atomic mass is 15.2. The van der Waals surface area contributed by atoms with Crippen molar-refractivity contribution in [2.24, 2.45) is 0 Å². The van der Waals surface area contributed by atoms with Crippen LogP contribution < -0.4 is 15.1 Å². The molecule has 5 nitrogen and oxygen atoms in total. The van der Waals surface area contributed by atoms with E-state index in [-0.39, 0.29) is 0 Å². The first-order valence-electron chi connectivity index (χ1n) is 9.92. The van der Waals surface area contributed by atoms with Gasteiger partial charge >= 0.3 is 0 Å². The fourth-order valence-corrected chi connectivity index (χ4v) is 3.51. The van der Waals surface area contributed by atoms with Gasteiger partial charge in [0.05, 0.1) is 0 Å². The van der Waals surface area contributed by atoms with Crippen molar-refractivity contribution in [1.82, 2.24) is 9.97 Å². The third kappa shape index (κ3) is 4.65. The van der Waals surface area contributed by atoms with Crippen LogP contribution in [0.5, 0.6) is 0 Å². The maximum atomic E-state index is 4.76. The molecule has 1 aliphatic rings. The summed E-state index contributed by atoms with van der Waals surface area (Å²) in [6.45, 7) is 10.8. The van der Waals surface area contributed by atoms with Gasteiger partial charge in [-0.15, -0.1) is 0 Å². The van der Waals surface area contributed by atoms with E-state index in [9.17, 15) is 0 Å². The van der Waals surface area contributed by atoms with E-state index in [4.69, 9.17) is 4.98 Å². The van der Waals surface area contributed by atoms with Gasteiger partial charge in [-0.3, -0.25) is 0 Å². The summed E-state index contributed by atoms with van der Waals surface area (Å²) in [6, 6.07) is 10.7. The second-order valence-electron chi connectivity index (χ2n) is 7.04. The van der Waals surface area contributed by atoms with Gasteiger partial charge in [0.2, 0.25) is 5.95 Å². The second kappa shape index (κ2) is 8.88.